The van der Waals surface area contributed by atoms with Crippen molar-refractivity contribution in [1.82, 2.24) is 16.2 Å². The molecule has 3 N–H and O–H groups in total. The molecule has 0 fully saturated rings. The molecular formula is C19H21N3O4S. The highest BCUT2D eigenvalue weighted by atomic mass is 32.1. The lowest BCUT2D eigenvalue weighted by Crippen LogP contribution is -2.50. The SMILES string of the molecule is Cc1cccc(OCC(=O)NNC(=S)NC(=O)COc2cccc(C)c2)c1. The molecular weight excluding hydrogens is 366 g/mol. The summed E-state index contributed by atoms with van der Waals surface area (Å²) in [6.45, 7) is 3.47. The van der Waals surface area contributed by atoms with Gasteiger partial charge >= 0.3 is 0 Å². The van der Waals surface area contributed by atoms with Crippen LogP contribution in [0.15, 0.2) is 48.5 Å². The van der Waals surface area contributed by atoms with Crippen LogP contribution in [-0.2, 0) is 9.59 Å². The van der Waals surface area contributed by atoms with Crippen molar-refractivity contribution in [3.63, 3.8) is 0 Å². The molecule has 0 bridgehead atoms. The predicted molar refractivity (Wildman–Crippen MR) is 105 cm³/mol. The predicted octanol–water partition coefficient (Wildman–Crippen LogP) is 1.78. The molecule has 0 heterocycles. The van der Waals surface area contributed by atoms with Crippen molar-refractivity contribution in [3.05, 3.63) is 59.7 Å². The molecule has 2 aromatic rings. The number of thiocarbonyl (C=S) groups is 1. The standard InChI is InChI=1S/C19H21N3O4S/c1-13-5-3-7-15(9-13)25-11-17(23)20-19(27)22-21-18(24)12-26-16-8-4-6-14(2)10-16/h3-10H,11-12H2,1-2H3,(H,21,24)(H2,20,22,23,27). The van der Waals surface area contributed by atoms with Crippen molar-refractivity contribution in [2.45, 2.75) is 13.8 Å². The van der Waals surface area contributed by atoms with Gasteiger partial charge in [-0.1, -0.05) is 24.3 Å². The lowest BCUT2D eigenvalue weighted by molar-refractivity contribution is -0.124. The van der Waals surface area contributed by atoms with E-state index in [-0.39, 0.29) is 18.3 Å². The third-order valence-electron chi connectivity index (χ3n) is 3.29. The molecule has 27 heavy (non-hydrogen) atoms. The fourth-order valence-corrected chi connectivity index (χ4v) is 2.23. The van der Waals surface area contributed by atoms with Gasteiger partial charge in [-0.15, -0.1) is 0 Å². The van der Waals surface area contributed by atoms with E-state index in [0.29, 0.717) is 11.5 Å². The fraction of sp³-hybridized carbons (Fsp3) is 0.211. The van der Waals surface area contributed by atoms with Crippen molar-refractivity contribution < 1.29 is 19.1 Å². The Balaban J connectivity index is 1.64. The molecule has 0 radical (unpaired) electrons. The van der Waals surface area contributed by atoms with E-state index in [1.165, 1.54) is 0 Å². The van der Waals surface area contributed by atoms with Crippen molar-refractivity contribution >= 4 is 29.1 Å². The largest absolute Gasteiger partial charge is 0.484 e. The Morgan fingerprint density at radius 2 is 1.37 bits per heavy atom. The van der Waals surface area contributed by atoms with Crippen LogP contribution in [0, 0.1) is 13.8 Å². The van der Waals surface area contributed by atoms with Gasteiger partial charge in [0.05, 0.1) is 0 Å². The summed E-state index contributed by atoms with van der Waals surface area (Å²) >= 11 is 4.94. The van der Waals surface area contributed by atoms with Crippen LogP contribution < -0.4 is 25.6 Å². The van der Waals surface area contributed by atoms with Crippen LogP contribution in [0.25, 0.3) is 0 Å². The highest BCUT2D eigenvalue weighted by molar-refractivity contribution is 7.80. The molecule has 0 atom stereocenters. The zero-order valence-electron chi connectivity index (χ0n) is 15.1. The molecule has 0 aliphatic heterocycles. The monoisotopic (exact) mass is 387 g/mol. The summed E-state index contributed by atoms with van der Waals surface area (Å²) in [6.07, 6.45) is 0. The first-order valence-electron chi connectivity index (χ1n) is 8.20. The normalized spacial score (nSPS) is 9.85. The van der Waals surface area contributed by atoms with E-state index in [1.807, 2.05) is 50.2 Å². The maximum atomic E-state index is 11.8. The number of aryl methyl sites for hydroxylation is 2. The molecule has 2 amide bonds. The zero-order chi connectivity index (χ0) is 19.6. The van der Waals surface area contributed by atoms with Gasteiger partial charge in [0.25, 0.3) is 11.8 Å². The second-order valence-electron chi connectivity index (χ2n) is 5.76. The van der Waals surface area contributed by atoms with Gasteiger partial charge in [0, 0.05) is 0 Å². The molecule has 7 nitrogen and oxygen atoms in total. The van der Waals surface area contributed by atoms with Gasteiger partial charge in [-0.25, -0.2) is 0 Å². The first-order valence-corrected chi connectivity index (χ1v) is 8.61. The van der Waals surface area contributed by atoms with E-state index in [9.17, 15) is 9.59 Å². The van der Waals surface area contributed by atoms with E-state index < -0.39 is 11.8 Å². The van der Waals surface area contributed by atoms with Gasteiger partial charge in [-0.2, -0.15) is 0 Å². The Labute approximate surface area is 163 Å². The third-order valence-corrected chi connectivity index (χ3v) is 3.49. The van der Waals surface area contributed by atoms with Gasteiger partial charge in [-0.3, -0.25) is 25.8 Å². The molecule has 0 spiro atoms. The number of hydrazine groups is 1. The molecule has 142 valence electrons. The number of ether oxygens (including phenoxy) is 2. The van der Waals surface area contributed by atoms with Gasteiger partial charge < -0.3 is 9.47 Å². The molecule has 2 rings (SSSR count). The topological polar surface area (TPSA) is 88.7 Å². The Hall–Kier alpha value is -3.13. The Kier molecular flexibility index (Phi) is 7.57. The Bertz CT molecular complexity index is 826. The van der Waals surface area contributed by atoms with E-state index >= 15 is 0 Å². The summed E-state index contributed by atoms with van der Waals surface area (Å²) in [5.74, 6) is 0.295. The maximum Gasteiger partial charge on any atom is 0.276 e. The summed E-state index contributed by atoms with van der Waals surface area (Å²) in [5, 5.41) is 2.36. The second kappa shape index (κ2) is 10.1. The smallest absolute Gasteiger partial charge is 0.276 e. The van der Waals surface area contributed by atoms with Crippen LogP contribution in [-0.4, -0.2) is 30.1 Å². The first-order chi connectivity index (χ1) is 12.9. The number of amides is 2. The third kappa shape index (κ3) is 7.74. The number of nitrogens with one attached hydrogen (secondary N) is 3. The molecule has 0 aliphatic rings. The minimum absolute atomic E-state index is 0.0447. The van der Waals surface area contributed by atoms with E-state index in [1.54, 1.807) is 12.1 Å². The minimum Gasteiger partial charge on any atom is -0.484 e. The average Bonchev–Trinajstić information content (AvgIpc) is 2.63. The second-order valence-corrected chi connectivity index (χ2v) is 6.17. The number of carbonyl (C=O) groups is 2. The van der Waals surface area contributed by atoms with Gasteiger partial charge in [-0.05, 0) is 61.5 Å². The Morgan fingerprint density at radius 1 is 0.852 bits per heavy atom. The zero-order valence-corrected chi connectivity index (χ0v) is 15.9. The molecule has 0 unspecified atom stereocenters. The molecule has 0 saturated carbocycles. The quantitative estimate of drug-likeness (QED) is 0.517. The van der Waals surface area contributed by atoms with Crippen LogP contribution in [0.2, 0.25) is 0 Å². The minimum atomic E-state index is -0.445. The molecule has 2 aromatic carbocycles. The van der Waals surface area contributed by atoms with Crippen molar-refractivity contribution in [2.75, 3.05) is 13.2 Å². The summed E-state index contributed by atoms with van der Waals surface area (Å²) < 4.78 is 10.7. The summed E-state index contributed by atoms with van der Waals surface area (Å²) in [4.78, 5) is 23.5. The number of hydrogen-bond acceptors (Lipinski definition) is 5. The van der Waals surface area contributed by atoms with Crippen LogP contribution in [0.5, 0.6) is 11.5 Å². The highest BCUT2D eigenvalue weighted by Crippen LogP contribution is 2.12. The van der Waals surface area contributed by atoms with E-state index in [0.717, 1.165) is 11.1 Å². The van der Waals surface area contributed by atoms with Crippen molar-refractivity contribution in [3.8, 4) is 11.5 Å². The first kappa shape index (κ1) is 20.2. The van der Waals surface area contributed by atoms with Gasteiger partial charge in [0.1, 0.15) is 11.5 Å². The van der Waals surface area contributed by atoms with Gasteiger partial charge in [0.15, 0.2) is 18.3 Å². The number of hydrogen-bond donors (Lipinski definition) is 3. The van der Waals surface area contributed by atoms with Crippen LogP contribution in [0.3, 0.4) is 0 Å². The van der Waals surface area contributed by atoms with Crippen LogP contribution >= 0.6 is 12.2 Å². The molecule has 0 aromatic heterocycles. The van der Waals surface area contributed by atoms with E-state index in [2.05, 4.69) is 16.2 Å². The highest BCUT2D eigenvalue weighted by Gasteiger charge is 2.08. The van der Waals surface area contributed by atoms with E-state index in [4.69, 9.17) is 21.7 Å². The summed E-state index contributed by atoms with van der Waals surface area (Å²) in [6, 6.07) is 14.7. The maximum absolute atomic E-state index is 11.8. The van der Waals surface area contributed by atoms with Crippen molar-refractivity contribution in [2.24, 2.45) is 0 Å². The molecule has 8 heteroatoms. The number of carbonyl (C=O) groups excluding carboxylic acids is 2. The summed E-state index contributed by atoms with van der Waals surface area (Å²) in [5.41, 5.74) is 6.83. The number of rotatable bonds is 6. The Morgan fingerprint density at radius 3 is 1.89 bits per heavy atom. The van der Waals surface area contributed by atoms with Crippen molar-refractivity contribution in [1.29, 1.82) is 0 Å². The summed E-state index contributed by atoms with van der Waals surface area (Å²) in [7, 11) is 0. The molecule has 0 aliphatic carbocycles. The number of benzene rings is 2. The lowest BCUT2D eigenvalue weighted by Gasteiger charge is -2.12. The van der Waals surface area contributed by atoms with Gasteiger partial charge in [0.2, 0.25) is 0 Å². The van der Waals surface area contributed by atoms with Crippen LogP contribution in [0.4, 0.5) is 0 Å². The lowest BCUT2D eigenvalue weighted by atomic mass is 10.2. The molecule has 0 saturated heterocycles. The average molecular weight is 387 g/mol. The van der Waals surface area contributed by atoms with Crippen LogP contribution in [0.1, 0.15) is 11.1 Å². The fourth-order valence-electron chi connectivity index (χ4n) is 2.06.